The summed E-state index contributed by atoms with van der Waals surface area (Å²) in [4.78, 5) is 14.5. The molecule has 0 aromatic heterocycles. The van der Waals surface area contributed by atoms with Gasteiger partial charge in [0.1, 0.15) is 0 Å². The Labute approximate surface area is 121 Å². The van der Waals surface area contributed by atoms with Crippen molar-refractivity contribution in [2.75, 3.05) is 26.3 Å². The standard InChI is InChI=1S/C14H24N2O2.ClH/c15-13-5-1-3-10-7-16(8-12(10)13)14(17)11-4-2-6-18-9-11;/h10-13H,1-9,15H2;1H. The SMILES string of the molecule is Cl.NC1CCCC2CN(C(=O)C3CCCOC3)CC12. The van der Waals surface area contributed by atoms with Gasteiger partial charge in [-0.3, -0.25) is 4.79 Å². The number of hydrogen-bond donors (Lipinski definition) is 1. The molecule has 2 aliphatic heterocycles. The van der Waals surface area contributed by atoms with Gasteiger partial charge < -0.3 is 15.4 Å². The van der Waals surface area contributed by atoms with Crippen LogP contribution in [-0.4, -0.2) is 43.2 Å². The van der Waals surface area contributed by atoms with E-state index in [1.165, 1.54) is 12.8 Å². The van der Waals surface area contributed by atoms with Crippen molar-refractivity contribution in [2.45, 2.75) is 38.1 Å². The highest BCUT2D eigenvalue weighted by Gasteiger charge is 2.41. The lowest BCUT2D eigenvalue weighted by Crippen LogP contribution is -2.40. The van der Waals surface area contributed by atoms with Crippen LogP contribution in [0.1, 0.15) is 32.1 Å². The van der Waals surface area contributed by atoms with Crippen molar-refractivity contribution in [3.8, 4) is 0 Å². The number of nitrogens with zero attached hydrogens (tertiary/aromatic N) is 1. The maximum atomic E-state index is 12.5. The fraction of sp³-hybridized carbons (Fsp3) is 0.929. The lowest BCUT2D eigenvalue weighted by Gasteiger charge is -2.29. The summed E-state index contributed by atoms with van der Waals surface area (Å²) in [5, 5.41) is 0. The zero-order chi connectivity index (χ0) is 12.5. The van der Waals surface area contributed by atoms with E-state index in [2.05, 4.69) is 4.90 Å². The van der Waals surface area contributed by atoms with Crippen LogP contribution >= 0.6 is 12.4 Å². The Bertz CT molecular complexity index is 321. The number of amides is 1. The van der Waals surface area contributed by atoms with Crippen molar-refractivity contribution in [3.05, 3.63) is 0 Å². The van der Waals surface area contributed by atoms with Crippen molar-refractivity contribution in [1.82, 2.24) is 4.90 Å². The molecule has 1 amide bonds. The average molecular weight is 289 g/mol. The molecule has 0 aromatic carbocycles. The highest BCUT2D eigenvalue weighted by atomic mass is 35.5. The second-order valence-electron chi connectivity index (χ2n) is 6.18. The van der Waals surface area contributed by atoms with E-state index in [-0.39, 0.29) is 18.3 Å². The Balaban J connectivity index is 0.00000133. The normalized spacial score (nSPS) is 38.5. The first kappa shape index (κ1) is 15.1. The fourth-order valence-electron chi connectivity index (χ4n) is 3.89. The third kappa shape index (κ3) is 3.06. The third-order valence-corrected chi connectivity index (χ3v) is 4.98. The number of carbonyl (C=O) groups is 1. The van der Waals surface area contributed by atoms with Gasteiger partial charge in [-0.15, -0.1) is 12.4 Å². The molecule has 0 bridgehead atoms. The van der Waals surface area contributed by atoms with Crippen LogP contribution in [0.3, 0.4) is 0 Å². The molecule has 0 aromatic rings. The Morgan fingerprint density at radius 3 is 2.68 bits per heavy atom. The smallest absolute Gasteiger partial charge is 0.228 e. The van der Waals surface area contributed by atoms with Crippen LogP contribution in [0.25, 0.3) is 0 Å². The molecule has 110 valence electrons. The minimum Gasteiger partial charge on any atom is -0.381 e. The maximum absolute atomic E-state index is 12.5. The van der Waals surface area contributed by atoms with E-state index in [0.29, 0.717) is 30.4 Å². The van der Waals surface area contributed by atoms with Crippen molar-refractivity contribution >= 4 is 18.3 Å². The van der Waals surface area contributed by atoms with Crippen molar-refractivity contribution in [1.29, 1.82) is 0 Å². The fourth-order valence-corrected chi connectivity index (χ4v) is 3.89. The molecule has 19 heavy (non-hydrogen) atoms. The van der Waals surface area contributed by atoms with Crippen LogP contribution in [-0.2, 0) is 9.53 Å². The zero-order valence-electron chi connectivity index (χ0n) is 11.4. The molecule has 4 nitrogen and oxygen atoms in total. The van der Waals surface area contributed by atoms with Crippen molar-refractivity contribution in [3.63, 3.8) is 0 Å². The van der Waals surface area contributed by atoms with Gasteiger partial charge in [-0.1, -0.05) is 6.42 Å². The lowest BCUT2D eigenvalue weighted by molar-refractivity contribution is -0.138. The number of likely N-dealkylation sites (tertiary alicyclic amines) is 1. The van der Waals surface area contributed by atoms with Crippen molar-refractivity contribution < 1.29 is 9.53 Å². The number of fused-ring (bicyclic) bond motifs is 1. The first-order chi connectivity index (χ1) is 8.75. The first-order valence-electron chi connectivity index (χ1n) is 7.38. The summed E-state index contributed by atoms with van der Waals surface area (Å²) >= 11 is 0. The minimum atomic E-state index is 0. The molecule has 2 saturated heterocycles. The molecular weight excluding hydrogens is 264 g/mol. The van der Waals surface area contributed by atoms with E-state index in [1.54, 1.807) is 0 Å². The summed E-state index contributed by atoms with van der Waals surface area (Å²) in [5.74, 6) is 1.63. The number of halogens is 1. The number of hydrogen-bond acceptors (Lipinski definition) is 3. The predicted octanol–water partition coefficient (Wildman–Crippen LogP) is 1.42. The summed E-state index contributed by atoms with van der Waals surface area (Å²) < 4.78 is 5.43. The molecule has 1 aliphatic carbocycles. The number of nitrogens with two attached hydrogens (primary N) is 1. The van der Waals surface area contributed by atoms with E-state index in [9.17, 15) is 4.79 Å². The van der Waals surface area contributed by atoms with Gasteiger partial charge in [0.05, 0.1) is 12.5 Å². The monoisotopic (exact) mass is 288 g/mol. The number of rotatable bonds is 1. The first-order valence-corrected chi connectivity index (χ1v) is 7.38. The molecular formula is C14H25ClN2O2. The molecule has 2 N–H and O–H groups in total. The highest BCUT2D eigenvalue weighted by molar-refractivity contribution is 5.85. The summed E-state index contributed by atoms with van der Waals surface area (Å²) in [6.07, 6.45) is 5.64. The van der Waals surface area contributed by atoms with Gasteiger partial charge in [-0.2, -0.15) is 0 Å². The van der Waals surface area contributed by atoms with Crippen LogP contribution in [0.15, 0.2) is 0 Å². The molecule has 3 fully saturated rings. The number of carbonyl (C=O) groups excluding carboxylic acids is 1. The summed E-state index contributed by atoms with van der Waals surface area (Å²) in [7, 11) is 0. The van der Waals surface area contributed by atoms with E-state index in [1.807, 2.05) is 0 Å². The molecule has 0 spiro atoms. The van der Waals surface area contributed by atoms with Gasteiger partial charge >= 0.3 is 0 Å². The van der Waals surface area contributed by atoms with Crippen LogP contribution in [0.5, 0.6) is 0 Å². The van der Waals surface area contributed by atoms with Crippen molar-refractivity contribution in [2.24, 2.45) is 23.5 Å². The van der Waals surface area contributed by atoms with Crippen LogP contribution < -0.4 is 5.73 Å². The quantitative estimate of drug-likeness (QED) is 0.794. The second kappa shape index (κ2) is 6.42. The Hall–Kier alpha value is -0.320. The zero-order valence-corrected chi connectivity index (χ0v) is 12.2. The Morgan fingerprint density at radius 2 is 2.00 bits per heavy atom. The topological polar surface area (TPSA) is 55.6 Å². The second-order valence-corrected chi connectivity index (χ2v) is 6.18. The summed E-state index contributed by atoms with van der Waals surface area (Å²) in [5.41, 5.74) is 6.20. The Kier molecular flexibility index (Phi) is 5.09. The highest BCUT2D eigenvalue weighted by Crippen LogP contribution is 2.36. The van der Waals surface area contributed by atoms with E-state index < -0.39 is 0 Å². The molecule has 3 aliphatic rings. The van der Waals surface area contributed by atoms with Crippen LogP contribution in [0.4, 0.5) is 0 Å². The molecule has 2 heterocycles. The van der Waals surface area contributed by atoms with Gasteiger partial charge in [0.15, 0.2) is 0 Å². The van der Waals surface area contributed by atoms with Gasteiger partial charge in [0, 0.05) is 25.7 Å². The largest absolute Gasteiger partial charge is 0.381 e. The lowest BCUT2D eigenvalue weighted by atomic mass is 9.78. The number of ether oxygens (including phenoxy) is 1. The van der Waals surface area contributed by atoms with E-state index in [0.717, 1.165) is 39.0 Å². The molecule has 4 atom stereocenters. The van der Waals surface area contributed by atoms with Gasteiger partial charge in [-0.25, -0.2) is 0 Å². The average Bonchev–Trinajstić information content (AvgIpc) is 2.84. The molecule has 4 unspecified atom stereocenters. The summed E-state index contributed by atoms with van der Waals surface area (Å²) in [6.45, 7) is 3.27. The minimum absolute atomic E-state index is 0. The third-order valence-electron chi connectivity index (χ3n) is 4.98. The van der Waals surface area contributed by atoms with E-state index >= 15 is 0 Å². The van der Waals surface area contributed by atoms with Crippen LogP contribution in [0, 0.1) is 17.8 Å². The molecule has 0 radical (unpaired) electrons. The molecule has 5 heteroatoms. The predicted molar refractivity (Wildman–Crippen MR) is 76.2 cm³/mol. The Morgan fingerprint density at radius 1 is 1.16 bits per heavy atom. The van der Waals surface area contributed by atoms with Gasteiger partial charge in [0.2, 0.25) is 5.91 Å². The molecule has 1 saturated carbocycles. The van der Waals surface area contributed by atoms with E-state index in [4.69, 9.17) is 10.5 Å². The van der Waals surface area contributed by atoms with Crippen LogP contribution in [0.2, 0.25) is 0 Å². The van der Waals surface area contributed by atoms with Gasteiger partial charge in [0.25, 0.3) is 0 Å². The molecule has 3 rings (SSSR count). The summed E-state index contributed by atoms with van der Waals surface area (Å²) in [6, 6.07) is 0.309. The van der Waals surface area contributed by atoms with Gasteiger partial charge in [-0.05, 0) is 37.5 Å². The maximum Gasteiger partial charge on any atom is 0.228 e.